The highest BCUT2D eigenvalue weighted by Crippen LogP contribution is 2.33. The van der Waals surface area contributed by atoms with Crippen LogP contribution in [0.3, 0.4) is 0 Å². The van der Waals surface area contributed by atoms with E-state index in [9.17, 15) is 17.9 Å². The number of rotatable bonds is 5. The van der Waals surface area contributed by atoms with Crippen molar-refractivity contribution in [2.45, 2.75) is 17.7 Å². The molecule has 25 heavy (non-hydrogen) atoms. The lowest BCUT2D eigenvalue weighted by Crippen LogP contribution is -2.18. The maximum absolute atomic E-state index is 13.7. The SMILES string of the molecule is COc1cc(NS(=O)(=O)c2ccc(N3CCCC3)cc2)cc(F)c1O. The van der Waals surface area contributed by atoms with Gasteiger partial charge in [0.25, 0.3) is 10.0 Å². The molecule has 134 valence electrons. The van der Waals surface area contributed by atoms with Crippen molar-refractivity contribution in [1.82, 2.24) is 0 Å². The van der Waals surface area contributed by atoms with Crippen molar-refractivity contribution in [2.75, 3.05) is 29.8 Å². The maximum atomic E-state index is 13.7. The fourth-order valence-corrected chi connectivity index (χ4v) is 3.85. The van der Waals surface area contributed by atoms with E-state index in [0.29, 0.717) is 0 Å². The molecule has 8 heteroatoms. The van der Waals surface area contributed by atoms with Crippen molar-refractivity contribution in [3.8, 4) is 11.5 Å². The van der Waals surface area contributed by atoms with Crippen LogP contribution in [-0.2, 0) is 10.0 Å². The van der Waals surface area contributed by atoms with Gasteiger partial charge in [-0.25, -0.2) is 12.8 Å². The number of hydrogen-bond acceptors (Lipinski definition) is 5. The molecule has 0 aromatic heterocycles. The number of methoxy groups -OCH3 is 1. The van der Waals surface area contributed by atoms with Crippen LogP contribution in [0.1, 0.15) is 12.8 Å². The number of hydrogen-bond donors (Lipinski definition) is 2. The van der Waals surface area contributed by atoms with E-state index in [-0.39, 0.29) is 16.3 Å². The Morgan fingerprint density at radius 3 is 2.40 bits per heavy atom. The second kappa shape index (κ2) is 6.79. The maximum Gasteiger partial charge on any atom is 0.261 e. The standard InChI is InChI=1S/C17H19FN2O4S/c1-24-16-11-12(10-15(18)17(16)21)19-25(22,23)14-6-4-13(5-7-14)20-8-2-3-9-20/h4-7,10-11,19,21H,2-3,8-9H2,1H3. The average molecular weight is 366 g/mol. The minimum absolute atomic E-state index is 0.0317. The number of ether oxygens (including phenoxy) is 1. The Kier molecular flexibility index (Phi) is 4.71. The van der Waals surface area contributed by atoms with E-state index < -0.39 is 21.6 Å². The number of nitrogens with zero attached hydrogens (tertiary/aromatic N) is 1. The number of phenolic OH excluding ortho intramolecular Hbond substituents is 1. The predicted molar refractivity (Wildman–Crippen MR) is 93.3 cm³/mol. The molecule has 0 bridgehead atoms. The third kappa shape index (κ3) is 3.63. The first kappa shape index (κ1) is 17.3. The van der Waals surface area contributed by atoms with Crippen molar-refractivity contribution in [2.24, 2.45) is 0 Å². The van der Waals surface area contributed by atoms with Crippen molar-refractivity contribution < 1.29 is 22.7 Å². The van der Waals surface area contributed by atoms with Crippen molar-refractivity contribution in [3.05, 3.63) is 42.2 Å². The largest absolute Gasteiger partial charge is 0.502 e. The number of aromatic hydroxyl groups is 1. The molecule has 0 unspecified atom stereocenters. The van der Waals surface area contributed by atoms with E-state index in [0.717, 1.165) is 37.7 Å². The number of benzene rings is 2. The first-order valence-electron chi connectivity index (χ1n) is 7.85. The molecule has 1 aliphatic heterocycles. The van der Waals surface area contributed by atoms with Crippen LogP contribution in [0.2, 0.25) is 0 Å². The number of sulfonamides is 1. The van der Waals surface area contributed by atoms with E-state index in [1.54, 1.807) is 12.1 Å². The Hall–Kier alpha value is -2.48. The fraction of sp³-hybridized carbons (Fsp3) is 0.294. The van der Waals surface area contributed by atoms with Crippen molar-refractivity contribution in [3.63, 3.8) is 0 Å². The van der Waals surface area contributed by atoms with Crippen molar-refractivity contribution in [1.29, 1.82) is 0 Å². The first-order valence-corrected chi connectivity index (χ1v) is 9.33. The Labute approximate surface area is 145 Å². The summed E-state index contributed by atoms with van der Waals surface area (Å²) >= 11 is 0. The third-order valence-corrected chi connectivity index (χ3v) is 5.52. The van der Waals surface area contributed by atoms with Gasteiger partial charge in [0.05, 0.1) is 17.7 Å². The van der Waals surface area contributed by atoms with E-state index in [4.69, 9.17) is 4.74 Å². The van der Waals surface area contributed by atoms with Gasteiger partial charge in [-0.1, -0.05) is 0 Å². The second-order valence-electron chi connectivity index (χ2n) is 5.80. The first-order chi connectivity index (χ1) is 11.9. The monoisotopic (exact) mass is 366 g/mol. The average Bonchev–Trinajstić information content (AvgIpc) is 3.12. The van der Waals surface area contributed by atoms with Crippen molar-refractivity contribution >= 4 is 21.4 Å². The van der Waals surface area contributed by atoms with Gasteiger partial charge >= 0.3 is 0 Å². The molecular weight excluding hydrogens is 347 g/mol. The van der Waals surface area contributed by atoms with Gasteiger partial charge in [-0.15, -0.1) is 0 Å². The fourth-order valence-electron chi connectivity index (χ4n) is 2.81. The number of anilines is 2. The molecular formula is C17H19FN2O4S. The molecule has 2 aromatic carbocycles. The summed E-state index contributed by atoms with van der Waals surface area (Å²) in [6.07, 6.45) is 2.27. The molecule has 0 aliphatic carbocycles. The minimum atomic E-state index is -3.88. The Morgan fingerprint density at radius 1 is 1.16 bits per heavy atom. The van der Waals surface area contributed by atoms with Gasteiger partial charge < -0.3 is 14.7 Å². The Morgan fingerprint density at radius 2 is 1.80 bits per heavy atom. The second-order valence-corrected chi connectivity index (χ2v) is 7.48. The van der Waals surface area contributed by atoms with Gasteiger partial charge in [-0.05, 0) is 37.1 Å². The Balaban J connectivity index is 1.83. The summed E-state index contributed by atoms with van der Waals surface area (Å²) in [5, 5.41) is 9.49. The van der Waals surface area contributed by atoms with E-state index in [1.165, 1.54) is 25.3 Å². The zero-order valence-electron chi connectivity index (χ0n) is 13.7. The highest BCUT2D eigenvalue weighted by atomic mass is 32.2. The highest BCUT2D eigenvalue weighted by Gasteiger charge is 2.19. The number of nitrogens with one attached hydrogen (secondary N) is 1. The zero-order chi connectivity index (χ0) is 18.0. The lowest BCUT2D eigenvalue weighted by atomic mass is 10.3. The quantitative estimate of drug-likeness (QED) is 0.796. The topological polar surface area (TPSA) is 78.9 Å². The lowest BCUT2D eigenvalue weighted by Gasteiger charge is -2.18. The molecule has 3 rings (SSSR count). The number of halogens is 1. The van der Waals surface area contributed by atoms with E-state index in [1.807, 2.05) is 0 Å². The molecule has 1 aliphatic rings. The summed E-state index contributed by atoms with van der Waals surface area (Å²) in [5.74, 6) is -1.79. The zero-order valence-corrected chi connectivity index (χ0v) is 14.5. The lowest BCUT2D eigenvalue weighted by molar-refractivity contribution is 0.357. The van der Waals surface area contributed by atoms with Crippen LogP contribution >= 0.6 is 0 Å². The summed E-state index contributed by atoms with van der Waals surface area (Å²) < 4.78 is 45.7. The third-order valence-electron chi connectivity index (χ3n) is 4.12. The molecule has 0 atom stereocenters. The van der Waals surface area contributed by atoms with Gasteiger partial charge in [-0.3, -0.25) is 4.72 Å². The molecule has 1 fully saturated rings. The van der Waals surface area contributed by atoms with Crippen LogP contribution in [0, 0.1) is 5.82 Å². The molecule has 0 amide bonds. The molecule has 1 heterocycles. The van der Waals surface area contributed by atoms with Crippen LogP contribution in [0.25, 0.3) is 0 Å². The van der Waals surface area contributed by atoms with Crippen LogP contribution in [-0.4, -0.2) is 33.7 Å². The molecule has 0 saturated carbocycles. The van der Waals surface area contributed by atoms with Crippen LogP contribution in [0.4, 0.5) is 15.8 Å². The normalized spacial score (nSPS) is 14.6. The van der Waals surface area contributed by atoms with E-state index >= 15 is 0 Å². The van der Waals surface area contributed by atoms with Crippen LogP contribution in [0.5, 0.6) is 11.5 Å². The minimum Gasteiger partial charge on any atom is -0.502 e. The van der Waals surface area contributed by atoms with Gasteiger partial charge in [0.1, 0.15) is 0 Å². The highest BCUT2D eigenvalue weighted by molar-refractivity contribution is 7.92. The molecule has 0 radical (unpaired) electrons. The number of phenols is 1. The van der Waals surface area contributed by atoms with Crippen LogP contribution in [0.15, 0.2) is 41.3 Å². The molecule has 1 saturated heterocycles. The van der Waals surface area contributed by atoms with Crippen LogP contribution < -0.4 is 14.4 Å². The Bertz CT molecular complexity index is 863. The van der Waals surface area contributed by atoms with Gasteiger partial charge in [0, 0.05) is 30.9 Å². The van der Waals surface area contributed by atoms with Gasteiger partial charge in [0.2, 0.25) is 0 Å². The summed E-state index contributed by atoms with van der Waals surface area (Å²) in [6, 6.07) is 8.67. The van der Waals surface area contributed by atoms with Gasteiger partial charge in [-0.2, -0.15) is 0 Å². The smallest absolute Gasteiger partial charge is 0.261 e. The molecule has 2 aromatic rings. The summed E-state index contributed by atoms with van der Waals surface area (Å²) in [4.78, 5) is 2.27. The molecule has 0 spiro atoms. The summed E-state index contributed by atoms with van der Waals surface area (Å²) in [6.45, 7) is 1.94. The summed E-state index contributed by atoms with van der Waals surface area (Å²) in [5.41, 5.74) is 0.949. The molecule has 2 N–H and O–H groups in total. The van der Waals surface area contributed by atoms with Gasteiger partial charge in [0.15, 0.2) is 17.3 Å². The molecule has 6 nitrogen and oxygen atoms in total. The van der Waals surface area contributed by atoms with E-state index in [2.05, 4.69) is 9.62 Å². The summed E-state index contributed by atoms with van der Waals surface area (Å²) in [7, 11) is -2.63. The predicted octanol–water partition coefficient (Wildman–Crippen LogP) is 2.94.